The maximum absolute atomic E-state index is 13.1. The summed E-state index contributed by atoms with van der Waals surface area (Å²) in [6.07, 6.45) is 6.33. The van der Waals surface area contributed by atoms with Crippen molar-refractivity contribution in [3.8, 4) is 5.69 Å². The zero-order valence-corrected chi connectivity index (χ0v) is 17.7. The Kier molecular flexibility index (Phi) is 6.30. The second kappa shape index (κ2) is 9.47. The Bertz CT molecular complexity index is 1120. The number of ether oxygens (including phenoxy) is 1. The second-order valence-corrected chi connectivity index (χ2v) is 7.57. The fourth-order valence-electron chi connectivity index (χ4n) is 3.90. The first-order valence-electron chi connectivity index (χ1n) is 10.4. The first kappa shape index (κ1) is 21.3. The molecule has 1 fully saturated rings. The first-order chi connectivity index (χ1) is 15.6. The number of benzene rings is 1. The minimum atomic E-state index is -0.502. The van der Waals surface area contributed by atoms with E-state index in [1.54, 1.807) is 47.6 Å². The number of carbonyl (C=O) groups is 3. The van der Waals surface area contributed by atoms with Crippen LogP contribution < -0.4 is 5.32 Å². The number of aromatic nitrogens is 2. The molecule has 4 rings (SSSR count). The lowest BCUT2D eigenvalue weighted by atomic mass is 9.95. The van der Waals surface area contributed by atoms with E-state index in [4.69, 9.17) is 4.74 Å². The predicted molar refractivity (Wildman–Crippen MR) is 119 cm³/mol. The second-order valence-electron chi connectivity index (χ2n) is 7.57. The zero-order chi connectivity index (χ0) is 22.5. The fourth-order valence-corrected chi connectivity index (χ4v) is 3.90. The highest BCUT2D eigenvalue weighted by Crippen LogP contribution is 2.23. The summed E-state index contributed by atoms with van der Waals surface area (Å²) in [5.74, 6) is -0.978. The smallest absolute Gasteiger partial charge is 0.339 e. The molecule has 0 saturated carbocycles. The highest BCUT2D eigenvalue weighted by atomic mass is 16.5. The van der Waals surface area contributed by atoms with Crippen molar-refractivity contribution in [3.63, 3.8) is 0 Å². The molecule has 2 aromatic heterocycles. The van der Waals surface area contributed by atoms with Gasteiger partial charge < -0.3 is 19.5 Å². The van der Waals surface area contributed by atoms with Crippen LogP contribution in [0.5, 0.6) is 0 Å². The summed E-state index contributed by atoms with van der Waals surface area (Å²) in [5.41, 5.74) is 2.12. The summed E-state index contributed by atoms with van der Waals surface area (Å²) < 4.78 is 6.60. The summed E-state index contributed by atoms with van der Waals surface area (Å²) in [6, 6.07) is 14.1. The van der Waals surface area contributed by atoms with Crippen LogP contribution in [0.3, 0.4) is 0 Å². The van der Waals surface area contributed by atoms with Crippen molar-refractivity contribution in [1.29, 1.82) is 0 Å². The highest BCUT2D eigenvalue weighted by Gasteiger charge is 2.29. The van der Waals surface area contributed by atoms with Crippen LogP contribution >= 0.6 is 0 Å². The number of carbonyl (C=O) groups excluding carboxylic acids is 3. The van der Waals surface area contributed by atoms with E-state index >= 15 is 0 Å². The van der Waals surface area contributed by atoms with Gasteiger partial charge in [-0.15, -0.1) is 0 Å². The molecule has 0 unspecified atom stereocenters. The van der Waals surface area contributed by atoms with E-state index in [2.05, 4.69) is 10.3 Å². The van der Waals surface area contributed by atoms with Gasteiger partial charge in [-0.1, -0.05) is 12.1 Å². The highest BCUT2D eigenvalue weighted by molar-refractivity contribution is 6.02. The lowest BCUT2D eigenvalue weighted by molar-refractivity contribution is -0.121. The van der Waals surface area contributed by atoms with Gasteiger partial charge in [0, 0.05) is 31.4 Å². The number of likely N-dealkylation sites (tertiary alicyclic amines) is 1. The van der Waals surface area contributed by atoms with Crippen LogP contribution in [0, 0.1) is 5.92 Å². The molecule has 0 bridgehead atoms. The van der Waals surface area contributed by atoms with Gasteiger partial charge in [0.15, 0.2) is 0 Å². The number of rotatable bonds is 5. The molecular formula is C24H24N4O4. The van der Waals surface area contributed by atoms with Gasteiger partial charge in [0.05, 0.1) is 30.2 Å². The topological polar surface area (TPSA) is 93.5 Å². The van der Waals surface area contributed by atoms with Crippen LogP contribution in [-0.4, -0.2) is 52.4 Å². The molecule has 32 heavy (non-hydrogen) atoms. The first-order valence-corrected chi connectivity index (χ1v) is 10.4. The number of anilines is 1. The van der Waals surface area contributed by atoms with Crippen molar-refractivity contribution >= 4 is 23.5 Å². The van der Waals surface area contributed by atoms with Crippen LogP contribution in [0.25, 0.3) is 5.69 Å². The maximum atomic E-state index is 13.1. The van der Waals surface area contributed by atoms with Gasteiger partial charge in [0.1, 0.15) is 5.69 Å². The third kappa shape index (κ3) is 4.39. The fraction of sp³-hybridized carbons (Fsp3) is 0.250. The predicted octanol–water partition coefficient (Wildman–Crippen LogP) is 3.15. The van der Waals surface area contributed by atoms with Gasteiger partial charge in [0.2, 0.25) is 5.91 Å². The van der Waals surface area contributed by atoms with Gasteiger partial charge in [-0.2, -0.15) is 0 Å². The number of amides is 2. The van der Waals surface area contributed by atoms with Crippen LogP contribution in [0.1, 0.15) is 33.7 Å². The van der Waals surface area contributed by atoms with Crippen molar-refractivity contribution in [3.05, 3.63) is 78.4 Å². The van der Waals surface area contributed by atoms with Crippen LogP contribution in [0.2, 0.25) is 0 Å². The summed E-state index contributed by atoms with van der Waals surface area (Å²) in [6.45, 7) is 0.960. The van der Waals surface area contributed by atoms with Crippen molar-refractivity contribution in [2.75, 3.05) is 25.5 Å². The molecule has 2 amide bonds. The summed E-state index contributed by atoms with van der Waals surface area (Å²) in [4.78, 5) is 43.7. The van der Waals surface area contributed by atoms with E-state index in [0.717, 1.165) is 5.69 Å². The van der Waals surface area contributed by atoms with Gasteiger partial charge in [0.25, 0.3) is 5.91 Å². The minimum absolute atomic E-state index is 0.0752. The van der Waals surface area contributed by atoms with Crippen molar-refractivity contribution in [2.24, 2.45) is 5.92 Å². The number of hydrogen-bond acceptors (Lipinski definition) is 5. The Morgan fingerprint density at radius 3 is 2.53 bits per heavy atom. The average Bonchev–Trinajstić information content (AvgIpc) is 3.34. The largest absolute Gasteiger partial charge is 0.465 e. The molecule has 0 atom stereocenters. The zero-order valence-electron chi connectivity index (χ0n) is 17.7. The molecule has 3 heterocycles. The van der Waals surface area contributed by atoms with E-state index in [1.807, 2.05) is 29.0 Å². The number of piperidine rings is 1. The molecule has 1 aliphatic heterocycles. The van der Waals surface area contributed by atoms with E-state index in [1.165, 1.54) is 7.11 Å². The van der Waals surface area contributed by atoms with Crippen molar-refractivity contribution < 1.29 is 19.1 Å². The molecule has 1 N–H and O–H groups in total. The Morgan fingerprint density at radius 1 is 1.03 bits per heavy atom. The molecule has 8 heteroatoms. The normalized spacial score (nSPS) is 14.1. The molecule has 8 nitrogen and oxygen atoms in total. The lowest BCUT2D eigenvalue weighted by Gasteiger charge is -2.31. The number of esters is 1. The number of nitrogens with one attached hydrogen (secondary N) is 1. The number of pyridine rings is 1. The Balaban J connectivity index is 1.39. The van der Waals surface area contributed by atoms with Crippen LogP contribution in [0.4, 0.5) is 5.69 Å². The monoisotopic (exact) mass is 432 g/mol. The van der Waals surface area contributed by atoms with Gasteiger partial charge in [-0.05, 0) is 49.2 Å². The molecule has 1 saturated heterocycles. The molecular weight excluding hydrogens is 408 g/mol. The molecule has 1 aliphatic rings. The molecule has 0 spiro atoms. The summed E-state index contributed by atoms with van der Waals surface area (Å²) in [5, 5.41) is 2.84. The number of hydrogen-bond donors (Lipinski definition) is 1. The number of nitrogens with zero attached hydrogens (tertiary/aromatic N) is 3. The van der Waals surface area contributed by atoms with Crippen molar-refractivity contribution in [1.82, 2.24) is 14.5 Å². The van der Waals surface area contributed by atoms with Gasteiger partial charge >= 0.3 is 5.97 Å². The minimum Gasteiger partial charge on any atom is -0.465 e. The third-order valence-electron chi connectivity index (χ3n) is 5.64. The molecule has 0 radical (unpaired) electrons. The Morgan fingerprint density at radius 2 is 1.81 bits per heavy atom. The number of para-hydroxylation sites is 1. The molecule has 164 valence electrons. The van der Waals surface area contributed by atoms with Gasteiger partial charge in [-0.25, -0.2) is 4.79 Å². The van der Waals surface area contributed by atoms with E-state index in [9.17, 15) is 14.4 Å². The van der Waals surface area contributed by atoms with E-state index < -0.39 is 5.97 Å². The third-order valence-corrected chi connectivity index (χ3v) is 5.64. The molecule has 3 aromatic rings. The standard InChI is InChI=1S/C24H24N4O4/c1-32-24(31)19-7-2-3-8-20(19)26-22(29)17-10-14-27(15-11-17)23(30)21-9-5-13-28(21)18-6-4-12-25-16-18/h2-9,12-13,16-17H,10-11,14-15H2,1H3,(H,26,29). The van der Waals surface area contributed by atoms with Crippen LogP contribution in [-0.2, 0) is 9.53 Å². The van der Waals surface area contributed by atoms with E-state index in [-0.39, 0.29) is 17.7 Å². The lowest BCUT2D eigenvalue weighted by Crippen LogP contribution is -2.42. The van der Waals surface area contributed by atoms with Crippen LogP contribution in [0.15, 0.2) is 67.1 Å². The Labute approximate surface area is 185 Å². The van der Waals surface area contributed by atoms with E-state index in [0.29, 0.717) is 42.9 Å². The maximum Gasteiger partial charge on any atom is 0.339 e. The average molecular weight is 432 g/mol. The number of methoxy groups -OCH3 is 1. The summed E-state index contributed by atoms with van der Waals surface area (Å²) >= 11 is 0. The molecule has 1 aromatic carbocycles. The quantitative estimate of drug-likeness (QED) is 0.625. The Hall–Kier alpha value is -3.94. The van der Waals surface area contributed by atoms with Crippen molar-refractivity contribution in [2.45, 2.75) is 12.8 Å². The summed E-state index contributed by atoms with van der Waals surface area (Å²) in [7, 11) is 1.30. The van der Waals surface area contributed by atoms with Gasteiger partial charge in [-0.3, -0.25) is 14.6 Å². The molecule has 0 aliphatic carbocycles. The SMILES string of the molecule is COC(=O)c1ccccc1NC(=O)C1CCN(C(=O)c2cccn2-c2cccnc2)CC1.